The molecule has 0 spiro atoms. The van der Waals surface area contributed by atoms with Crippen LogP contribution in [0.3, 0.4) is 0 Å². The highest BCUT2D eigenvalue weighted by molar-refractivity contribution is 7.89. The predicted octanol–water partition coefficient (Wildman–Crippen LogP) is 2.91. The molecule has 0 radical (unpaired) electrons. The van der Waals surface area contributed by atoms with Crippen molar-refractivity contribution in [1.82, 2.24) is 9.71 Å². The number of aromatic nitrogens is 1. The maximum absolute atomic E-state index is 12.8. The minimum Gasteiger partial charge on any atom is -0.243 e. The van der Waals surface area contributed by atoms with Crippen molar-refractivity contribution >= 4 is 21.6 Å². The number of pyridine rings is 1. The van der Waals surface area contributed by atoms with Gasteiger partial charge in [0.1, 0.15) is 15.9 Å². The van der Waals surface area contributed by atoms with E-state index >= 15 is 0 Å². The van der Waals surface area contributed by atoms with Crippen LogP contribution in [0.4, 0.5) is 4.39 Å². The lowest BCUT2D eigenvalue weighted by atomic mass is 10.1. The third-order valence-electron chi connectivity index (χ3n) is 2.72. The van der Waals surface area contributed by atoms with E-state index in [4.69, 9.17) is 11.6 Å². The Hall–Kier alpha value is -1.50. The van der Waals surface area contributed by atoms with E-state index in [-0.39, 0.29) is 15.9 Å². The summed E-state index contributed by atoms with van der Waals surface area (Å²) in [6.07, 6.45) is 1.41. The van der Waals surface area contributed by atoms with Gasteiger partial charge in [0, 0.05) is 12.2 Å². The van der Waals surface area contributed by atoms with Crippen molar-refractivity contribution in [3.05, 3.63) is 59.1 Å². The number of nitrogens with zero attached hydrogens (tertiary/aromatic N) is 1. The number of nitrogens with one attached hydrogen (secondary N) is 1. The van der Waals surface area contributed by atoms with Gasteiger partial charge in [0.2, 0.25) is 10.0 Å². The molecule has 1 unspecified atom stereocenters. The molecule has 1 N–H and O–H groups in total. The van der Waals surface area contributed by atoms with E-state index in [1.807, 2.05) is 0 Å². The van der Waals surface area contributed by atoms with Gasteiger partial charge in [-0.05, 0) is 36.8 Å². The third kappa shape index (κ3) is 3.33. The first-order valence-electron chi connectivity index (χ1n) is 5.78. The number of sulfonamides is 1. The Morgan fingerprint density at radius 2 is 1.90 bits per heavy atom. The van der Waals surface area contributed by atoms with E-state index in [9.17, 15) is 12.8 Å². The van der Waals surface area contributed by atoms with Gasteiger partial charge < -0.3 is 0 Å². The first kappa shape index (κ1) is 14.9. The minimum absolute atomic E-state index is 0.0874. The van der Waals surface area contributed by atoms with Crippen molar-refractivity contribution in [3.63, 3.8) is 0 Å². The monoisotopic (exact) mass is 314 g/mol. The molecule has 20 heavy (non-hydrogen) atoms. The van der Waals surface area contributed by atoms with Crippen molar-refractivity contribution in [2.75, 3.05) is 0 Å². The van der Waals surface area contributed by atoms with Gasteiger partial charge in [-0.15, -0.1) is 0 Å². The van der Waals surface area contributed by atoms with E-state index in [0.717, 1.165) is 0 Å². The highest BCUT2D eigenvalue weighted by Gasteiger charge is 2.21. The summed E-state index contributed by atoms with van der Waals surface area (Å²) >= 11 is 5.78. The smallest absolute Gasteiger partial charge is 0.243 e. The topological polar surface area (TPSA) is 59.1 Å². The lowest BCUT2D eigenvalue weighted by molar-refractivity contribution is 0.566. The highest BCUT2D eigenvalue weighted by Crippen LogP contribution is 2.21. The molecule has 0 saturated heterocycles. The van der Waals surface area contributed by atoms with Crippen LogP contribution >= 0.6 is 11.6 Å². The highest BCUT2D eigenvalue weighted by atomic mass is 35.5. The average molecular weight is 315 g/mol. The standard InChI is InChI=1S/C13H12ClFN2O2S/c1-9(10-4-6-11(15)7-5-10)17-20(18,19)12-3-2-8-16-13(12)14/h2-9,17H,1H3. The quantitative estimate of drug-likeness (QED) is 0.883. The molecule has 7 heteroatoms. The zero-order valence-corrected chi connectivity index (χ0v) is 12.1. The maximum atomic E-state index is 12.8. The van der Waals surface area contributed by atoms with Crippen LogP contribution in [0.2, 0.25) is 5.15 Å². The van der Waals surface area contributed by atoms with E-state index in [2.05, 4.69) is 9.71 Å². The fraction of sp³-hybridized carbons (Fsp3) is 0.154. The van der Waals surface area contributed by atoms with Crippen LogP contribution in [0.1, 0.15) is 18.5 Å². The van der Waals surface area contributed by atoms with Crippen LogP contribution in [-0.4, -0.2) is 13.4 Å². The molecule has 1 aromatic carbocycles. The van der Waals surface area contributed by atoms with Gasteiger partial charge in [-0.3, -0.25) is 0 Å². The molecule has 106 valence electrons. The zero-order valence-electron chi connectivity index (χ0n) is 10.5. The molecular weight excluding hydrogens is 303 g/mol. The molecule has 0 bridgehead atoms. The Morgan fingerprint density at radius 1 is 1.25 bits per heavy atom. The molecular formula is C13H12ClFN2O2S. The summed E-state index contributed by atoms with van der Waals surface area (Å²) < 4.78 is 39.7. The number of hydrogen-bond donors (Lipinski definition) is 1. The second kappa shape index (κ2) is 5.87. The number of benzene rings is 1. The van der Waals surface area contributed by atoms with Crippen LogP contribution in [0.25, 0.3) is 0 Å². The van der Waals surface area contributed by atoms with E-state index in [1.54, 1.807) is 6.92 Å². The van der Waals surface area contributed by atoms with Gasteiger partial charge >= 0.3 is 0 Å². The van der Waals surface area contributed by atoms with Crippen molar-refractivity contribution in [2.24, 2.45) is 0 Å². The summed E-state index contributed by atoms with van der Waals surface area (Å²) in [5.74, 6) is -0.376. The SMILES string of the molecule is CC(NS(=O)(=O)c1cccnc1Cl)c1ccc(F)cc1. The van der Waals surface area contributed by atoms with Crippen LogP contribution in [-0.2, 0) is 10.0 Å². The van der Waals surface area contributed by atoms with Crippen molar-refractivity contribution < 1.29 is 12.8 Å². The van der Waals surface area contributed by atoms with Crippen LogP contribution in [0.5, 0.6) is 0 Å². The summed E-state index contributed by atoms with van der Waals surface area (Å²) in [5.41, 5.74) is 0.648. The Kier molecular flexibility index (Phi) is 4.37. The summed E-state index contributed by atoms with van der Waals surface area (Å²) in [4.78, 5) is 3.65. The first-order chi connectivity index (χ1) is 9.40. The average Bonchev–Trinajstić information content (AvgIpc) is 2.39. The Labute approximate surface area is 121 Å². The number of rotatable bonds is 4. The van der Waals surface area contributed by atoms with Gasteiger partial charge in [-0.1, -0.05) is 23.7 Å². The van der Waals surface area contributed by atoms with Crippen molar-refractivity contribution in [1.29, 1.82) is 0 Å². The molecule has 1 aromatic heterocycles. The summed E-state index contributed by atoms with van der Waals surface area (Å²) in [7, 11) is -3.79. The number of halogens is 2. The molecule has 1 atom stereocenters. The molecule has 0 amide bonds. The number of hydrogen-bond acceptors (Lipinski definition) is 3. The summed E-state index contributed by atoms with van der Waals surface area (Å²) in [5, 5.41) is -0.0914. The van der Waals surface area contributed by atoms with Crippen LogP contribution in [0.15, 0.2) is 47.5 Å². The largest absolute Gasteiger partial charge is 0.244 e. The predicted molar refractivity (Wildman–Crippen MR) is 74.4 cm³/mol. The zero-order chi connectivity index (χ0) is 14.8. The van der Waals surface area contributed by atoms with Gasteiger partial charge in [0.15, 0.2) is 0 Å². The molecule has 1 heterocycles. The van der Waals surface area contributed by atoms with Gasteiger partial charge in [-0.25, -0.2) is 22.5 Å². The maximum Gasteiger partial charge on any atom is 0.244 e. The Bertz CT molecular complexity index is 705. The van der Waals surface area contributed by atoms with E-state index in [0.29, 0.717) is 5.56 Å². The fourth-order valence-corrected chi connectivity index (χ4v) is 3.37. The molecule has 2 aromatic rings. The minimum atomic E-state index is -3.79. The van der Waals surface area contributed by atoms with Crippen LogP contribution < -0.4 is 4.72 Å². The van der Waals surface area contributed by atoms with Gasteiger partial charge in [0.05, 0.1) is 0 Å². The Morgan fingerprint density at radius 3 is 2.50 bits per heavy atom. The third-order valence-corrected chi connectivity index (χ3v) is 4.70. The molecule has 4 nitrogen and oxygen atoms in total. The van der Waals surface area contributed by atoms with Gasteiger partial charge in [0.25, 0.3) is 0 Å². The first-order valence-corrected chi connectivity index (χ1v) is 7.64. The molecule has 2 rings (SSSR count). The molecule has 0 fully saturated rings. The Balaban J connectivity index is 2.24. The molecule has 0 saturated carbocycles. The lowest BCUT2D eigenvalue weighted by Crippen LogP contribution is -2.27. The molecule has 0 aliphatic carbocycles. The van der Waals surface area contributed by atoms with Crippen molar-refractivity contribution in [2.45, 2.75) is 17.9 Å². The molecule has 0 aliphatic rings. The molecule has 0 aliphatic heterocycles. The normalized spacial score (nSPS) is 13.2. The fourth-order valence-electron chi connectivity index (χ4n) is 1.69. The van der Waals surface area contributed by atoms with Crippen molar-refractivity contribution in [3.8, 4) is 0 Å². The summed E-state index contributed by atoms with van der Waals surface area (Å²) in [6, 6.07) is 7.93. The van der Waals surface area contributed by atoms with E-state index in [1.165, 1.54) is 42.6 Å². The van der Waals surface area contributed by atoms with Crippen LogP contribution in [0, 0.1) is 5.82 Å². The second-order valence-electron chi connectivity index (χ2n) is 4.19. The van der Waals surface area contributed by atoms with Gasteiger partial charge in [-0.2, -0.15) is 0 Å². The summed E-state index contributed by atoms with van der Waals surface area (Å²) in [6.45, 7) is 1.66. The second-order valence-corrected chi connectivity index (χ2v) is 6.23. The van der Waals surface area contributed by atoms with E-state index < -0.39 is 16.1 Å². The lowest BCUT2D eigenvalue weighted by Gasteiger charge is -2.15.